The molecule has 0 saturated heterocycles. The molecule has 1 fully saturated rings. The average Bonchev–Trinajstić information content (AvgIpc) is 2.58. The highest BCUT2D eigenvalue weighted by Gasteiger charge is 2.34. The van der Waals surface area contributed by atoms with Crippen LogP contribution in [0.5, 0.6) is 0 Å². The summed E-state index contributed by atoms with van der Waals surface area (Å²) in [6.07, 6.45) is 1.26. The maximum absolute atomic E-state index is 11.9. The normalized spacial score (nSPS) is 21.9. The summed E-state index contributed by atoms with van der Waals surface area (Å²) in [5.74, 6) is -2.43. The van der Waals surface area contributed by atoms with E-state index < -0.39 is 42.2 Å². The van der Waals surface area contributed by atoms with E-state index in [1.807, 2.05) is 0 Å². The minimum atomic E-state index is -0.950. The van der Waals surface area contributed by atoms with Gasteiger partial charge in [0.1, 0.15) is 18.3 Å². The summed E-state index contributed by atoms with van der Waals surface area (Å²) in [5, 5.41) is 8.55. The van der Waals surface area contributed by atoms with Crippen LogP contribution in [0.3, 0.4) is 0 Å². The molecule has 0 bridgehead atoms. The lowest BCUT2D eigenvalue weighted by Crippen LogP contribution is -2.39. The number of carboxylic acid groups (broad SMARTS) is 1. The van der Waals surface area contributed by atoms with Crippen LogP contribution in [0.4, 0.5) is 0 Å². The fourth-order valence-corrected chi connectivity index (χ4v) is 3.07. The SMILES string of the molecule is C=CC(=O)O[C@@H]1CC(OC(=O)CCSCC(=O)O)C[C@H](OC(=O)C=C)C1. The van der Waals surface area contributed by atoms with Crippen molar-refractivity contribution in [3.8, 4) is 0 Å². The molecule has 1 aliphatic carbocycles. The number of esters is 3. The highest BCUT2D eigenvalue weighted by molar-refractivity contribution is 7.99. The van der Waals surface area contributed by atoms with Gasteiger partial charge in [-0.3, -0.25) is 9.59 Å². The van der Waals surface area contributed by atoms with Crippen LogP contribution in [0.1, 0.15) is 25.7 Å². The first-order valence-corrected chi connectivity index (χ1v) is 9.14. The topological polar surface area (TPSA) is 116 Å². The van der Waals surface area contributed by atoms with E-state index in [4.69, 9.17) is 19.3 Å². The molecule has 8 nitrogen and oxygen atoms in total. The van der Waals surface area contributed by atoms with Crippen molar-refractivity contribution in [2.45, 2.75) is 44.0 Å². The van der Waals surface area contributed by atoms with Gasteiger partial charge in [0.05, 0.1) is 12.2 Å². The molecule has 0 amide bonds. The molecule has 0 radical (unpaired) electrons. The maximum Gasteiger partial charge on any atom is 0.330 e. The van der Waals surface area contributed by atoms with Crippen molar-refractivity contribution in [2.75, 3.05) is 11.5 Å². The fraction of sp³-hybridized carbons (Fsp3) is 0.529. The molecule has 9 heteroatoms. The Morgan fingerprint density at radius 3 is 1.81 bits per heavy atom. The first-order chi connectivity index (χ1) is 12.3. The summed E-state index contributed by atoms with van der Waals surface area (Å²) in [6.45, 7) is 6.65. The van der Waals surface area contributed by atoms with E-state index in [0.29, 0.717) is 12.2 Å². The average molecular weight is 386 g/mol. The van der Waals surface area contributed by atoms with Crippen molar-refractivity contribution in [1.29, 1.82) is 0 Å². The predicted octanol–water partition coefficient (Wildman–Crippen LogP) is 1.49. The molecule has 0 aromatic rings. The molecule has 0 aromatic carbocycles. The van der Waals surface area contributed by atoms with E-state index in [1.54, 1.807) is 0 Å². The number of carboxylic acids is 1. The Bertz CT molecular complexity index is 529. The highest BCUT2D eigenvalue weighted by Crippen LogP contribution is 2.27. The molecule has 0 heterocycles. The van der Waals surface area contributed by atoms with Crippen LogP contribution >= 0.6 is 11.8 Å². The zero-order valence-corrected chi connectivity index (χ0v) is 15.1. The Hall–Kier alpha value is -2.29. The summed E-state index contributed by atoms with van der Waals surface area (Å²) in [4.78, 5) is 45.1. The van der Waals surface area contributed by atoms with Crippen LogP contribution in [-0.4, -0.2) is 58.8 Å². The van der Waals surface area contributed by atoms with Gasteiger partial charge in [0.25, 0.3) is 0 Å². The van der Waals surface area contributed by atoms with Gasteiger partial charge in [-0.1, -0.05) is 13.2 Å². The lowest BCUT2D eigenvalue weighted by atomic mass is 9.92. The minimum Gasteiger partial charge on any atom is -0.481 e. The number of carbonyl (C=O) groups excluding carboxylic acids is 3. The number of aliphatic carboxylic acids is 1. The van der Waals surface area contributed by atoms with Gasteiger partial charge < -0.3 is 19.3 Å². The molecule has 26 heavy (non-hydrogen) atoms. The van der Waals surface area contributed by atoms with Gasteiger partial charge in [0.2, 0.25) is 0 Å². The highest BCUT2D eigenvalue weighted by atomic mass is 32.2. The number of carbonyl (C=O) groups is 4. The smallest absolute Gasteiger partial charge is 0.330 e. The van der Waals surface area contributed by atoms with E-state index in [1.165, 1.54) is 0 Å². The zero-order valence-electron chi connectivity index (χ0n) is 14.3. The molecule has 1 aliphatic rings. The molecule has 0 spiro atoms. The standard InChI is InChI=1S/C17H22O8S/c1-3-15(20)23-11-7-12(24-16(21)4-2)9-13(8-11)25-17(22)5-6-26-10-14(18)19/h3-4,11-13H,1-2,5-10H2,(H,18,19)/t11-,12+,13?. The number of hydrogen-bond acceptors (Lipinski definition) is 8. The summed E-state index contributed by atoms with van der Waals surface area (Å²) in [7, 11) is 0. The molecular formula is C17H22O8S. The summed E-state index contributed by atoms with van der Waals surface area (Å²) < 4.78 is 15.7. The van der Waals surface area contributed by atoms with Gasteiger partial charge in [-0.15, -0.1) is 11.8 Å². The molecule has 1 saturated carbocycles. The third-order valence-corrected chi connectivity index (χ3v) is 4.39. The summed E-state index contributed by atoms with van der Waals surface area (Å²) >= 11 is 1.11. The fourth-order valence-electron chi connectivity index (χ4n) is 2.44. The molecule has 1 unspecified atom stereocenters. The minimum absolute atomic E-state index is 0.0582. The molecule has 144 valence electrons. The van der Waals surface area contributed by atoms with Gasteiger partial charge in [-0.25, -0.2) is 9.59 Å². The van der Waals surface area contributed by atoms with E-state index in [2.05, 4.69) is 13.2 Å². The molecule has 0 aromatic heterocycles. The number of ether oxygens (including phenoxy) is 3. The monoisotopic (exact) mass is 386 g/mol. The zero-order chi connectivity index (χ0) is 19.5. The van der Waals surface area contributed by atoms with Crippen molar-refractivity contribution in [1.82, 2.24) is 0 Å². The van der Waals surface area contributed by atoms with E-state index >= 15 is 0 Å². The van der Waals surface area contributed by atoms with Gasteiger partial charge in [-0.05, 0) is 0 Å². The van der Waals surface area contributed by atoms with Crippen LogP contribution in [0.2, 0.25) is 0 Å². The summed E-state index contributed by atoms with van der Waals surface area (Å²) in [5.41, 5.74) is 0. The first-order valence-electron chi connectivity index (χ1n) is 7.99. The quantitative estimate of drug-likeness (QED) is 0.258. The third-order valence-electron chi connectivity index (χ3n) is 3.45. The second-order valence-corrected chi connectivity index (χ2v) is 6.65. The van der Waals surface area contributed by atoms with Crippen molar-refractivity contribution in [3.05, 3.63) is 25.3 Å². The van der Waals surface area contributed by atoms with Crippen LogP contribution in [-0.2, 0) is 33.4 Å². The predicted molar refractivity (Wildman–Crippen MR) is 93.5 cm³/mol. The van der Waals surface area contributed by atoms with Gasteiger partial charge in [0, 0.05) is 37.2 Å². The first kappa shape index (κ1) is 21.8. The Morgan fingerprint density at radius 2 is 1.38 bits per heavy atom. The van der Waals surface area contributed by atoms with E-state index in [-0.39, 0.29) is 25.0 Å². The largest absolute Gasteiger partial charge is 0.481 e. The molecule has 1 rings (SSSR count). The van der Waals surface area contributed by atoms with Crippen LogP contribution in [0, 0.1) is 0 Å². The third kappa shape index (κ3) is 8.70. The second-order valence-electron chi connectivity index (χ2n) is 5.54. The number of thioether (sulfide) groups is 1. The van der Waals surface area contributed by atoms with Crippen molar-refractivity contribution in [2.24, 2.45) is 0 Å². The molecular weight excluding hydrogens is 364 g/mol. The van der Waals surface area contributed by atoms with Crippen LogP contribution in [0.25, 0.3) is 0 Å². The van der Waals surface area contributed by atoms with Crippen LogP contribution in [0.15, 0.2) is 25.3 Å². The van der Waals surface area contributed by atoms with E-state index in [0.717, 1.165) is 23.9 Å². The lowest BCUT2D eigenvalue weighted by Gasteiger charge is -2.33. The molecule has 3 atom stereocenters. The summed E-state index contributed by atoms with van der Waals surface area (Å²) in [6, 6.07) is 0. The Balaban J connectivity index is 2.56. The van der Waals surface area contributed by atoms with Crippen LogP contribution < -0.4 is 0 Å². The van der Waals surface area contributed by atoms with Crippen molar-refractivity contribution >= 4 is 35.6 Å². The van der Waals surface area contributed by atoms with Crippen molar-refractivity contribution in [3.63, 3.8) is 0 Å². The number of hydrogen-bond donors (Lipinski definition) is 1. The molecule has 0 aliphatic heterocycles. The lowest BCUT2D eigenvalue weighted by molar-refractivity contribution is -0.165. The Morgan fingerprint density at radius 1 is 0.923 bits per heavy atom. The van der Waals surface area contributed by atoms with E-state index in [9.17, 15) is 19.2 Å². The Kier molecular flexibility index (Phi) is 9.50. The maximum atomic E-state index is 11.9. The van der Waals surface area contributed by atoms with Gasteiger partial charge in [0.15, 0.2) is 0 Å². The second kappa shape index (κ2) is 11.3. The Labute approximate surface area is 155 Å². The van der Waals surface area contributed by atoms with Gasteiger partial charge >= 0.3 is 23.9 Å². The van der Waals surface area contributed by atoms with Crippen molar-refractivity contribution < 1.29 is 38.5 Å². The van der Waals surface area contributed by atoms with Gasteiger partial charge in [-0.2, -0.15) is 0 Å². The number of rotatable bonds is 10. The molecule has 1 N–H and O–H groups in total.